The van der Waals surface area contributed by atoms with Gasteiger partial charge in [0.05, 0.1) is 0 Å². The van der Waals surface area contributed by atoms with Gasteiger partial charge in [0.2, 0.25) is 5.91 Å². The van der Waals surface area contributed by atoms with Gasteiger partial charge in [-0.2, -0.15) is 0 Å². The van der Waals surface area contributed by atoms with Crippen molar-refractivity contribution in [2.75, 3.05) is 6.54 Å². The smallest absolute Gasteiger partial charge is 0.222 e. The largest absolute Gasteiger partial charge is 0.340 e. The van der Waals surface area contributed by atoms with Gasteiger partial charge in [0.25, 0.3) is 0 Å². The van der Waals surface area contributed by atoms with E-state index in [2.05, 4.69) is 18.7 Å². The summed E-state index contributed by atoms with van der Waals surface area (Å²) in [5.74, 6) is 0.381. The van der Waals surface area contributed by atoms with Gasteiger partial charge in [0, 0.05) is 19.0 Å². The van der Waals surface area contributed by atoms with Crippen LogP contribution in [0.4, 0.5) is 0 Å². The molecule has 76 valence electrons. The first kappa shape index (κ1) is 10.6. The molecular weight excluding hydrogens is 162 g/mol. The molecule has 0 aliphatic carbocycles. The average molecular weight is 183 g/mol. The molecule has 0 radical (unpaired) electrons. The highest BCUT2D eigenvalue weighted by atomic mass is 16.2. The molecule has 1 heterocycles. The van der Waals surface area contributed by atoms with E-state index in [-0.39, 0.29) is 0 Å². The summed E-state index contributed by atoms with van der Waals surface area (Å²) in [6, 6.07) is 0.512. The van der Waals surface area contributed by atoms with E-state index >= 15 is 0 Å². The molecule has 0 aromatic carbocycles. The summed E-state index contributed by atoms with van der Waals surface area (Å²) >= 11 is 0. The summed E-state index contributed by atoms with van der Waals surface area (Å²) in [6.45, 7) is 5.37. The van der Waals surface area contributed by atoms with Gasteiger partial charge in [-0.05, 0) is 25.7 Å². The molecule has 0 aromatic rings. The van der Waals surface area contributed by atoms with Crippen LogP contribution < -0.4 is 0 Å². The van der Waals surface area contributed by atoms with Crippen molar-refractivity contribution >= 4 is 5.91 Å². The van der Waals surface area contributed by atoms with E-state index < -0.39 is 0 Å². The minimum atomic E-state index is 0.381. The van der Waals surface area contributed by atoms with Gasteiger partial charge in [-0.25, -0.2) is 0 Å². The molecule has 1 fully saturated rings. The van der Waals surface area contributed by atoms with Crippen molar-refractivity contribution < 1.29 is 4.79 Å². The zero-order valence-corrected chi connectivity index (χ0v) is 8.88. The maximum absolute atomic E-state index is 11.6. The van der Waals surface area contributed by atoms with Crippen LogP contribution in [0.3, 0.4) is 0 Å². The van der Waals surface area contributed by atoms with Crippen molar-refractivity contribution in [2.45, 2.75) is 58.4 Å². The van der Waals surface area contributed by atoms with Crippen LogP contribution in [0.2, 0.25) is 0 Å². The predicted molar refractivity (Wildman–Crippen MR) is 54.6 cm³/mol. The first-order valence-electron chi connectivity index (χ1n) is 5.59. The minimum Gasteiger partial charge on any atom is -0.340 e. The van der Waals surface area contributed by atoms with Gasteiger partial charge in [-0.1, -0.05) is 20.3 Å². The third-order valence-corrected chi connectivity index (χ3v) is 2.89. The molecule has 1 saturated heterocycles. The Morgan fingerprint density at radius 3 is 2.69 bits per heavy atom. The highest BCUT2D eigenvalue weighted by Crippen LogP contribution is 2.18. The maximum atomic E-state index is 11.6. The Kier molecular flexibility index (Phi) is 4.26. The molecule has 0 spiro atoms. The average Bonchev–Trinajstić information content (AvgIpc) is 2.16. The number of hydrogen-bond acceptors (Lipinski definition) is 1. The summed E-state index contributed by atoms with van der Waals surface area (Å²) in [5.41, 5.74) is 0. The van der Waals surface area contributed by atoms with E-state index in [1.807, 2.05) is 0 Å². The number of carbonyl (C=O) groups is 1. The fourth-order valence-corrected chi connectivity index (χ4v) is 2.13. The second-order valence-corrected chi connectivity index (χ2v) is 3.89. The van der Waals surface area contributed by atoms with Crippen molar-refractivity contribution in [1.82, 2.24) is 4.90 Å². The van der Waals surface area contributed by atoms with Crippen molar-refractivity contribution in [3.8, 4) is 0 Å². The predicted octanol–water partition coefficient (Wildman–Crippen LogP) is 2.58. The van der Waals surface area contributed by atoms with Gasteiger partial charge < -0.3 is 4.90 Å². The molecule has 1 rings (SSSR count). The van der Waals surface area contributed by atoms with E-state index in [4.69, 9.17) is 0 Å². The minimum absolute atomic E-state index is 0.381. The number of piperidine rings is 1. The Bertz CT molecular complexity index is 167. The second-order valence-electron chi connectivity index (χ2n) is 3.89. The molecular formula is C11H21NO. The maximum Gasteiger partial charge on any atom is 0.222 e. The molecule has 0 aromatic heterocycles. The third-order valence-electron chi connectivity index (χ3n) is 2.89. The lowest BCUT2D eigenvalue weighted by molar-refractivity contribution is -0.136. The zero-order valence-electron chi connectivity index (χ0n) is 8.88. The summed E-state index contributed by atoms with van der Waals surface area (Å²) < 4.78 is 0. The molecule has 13 heavy (non-hydrogen) atoms. The molecule has 1 atom stereocenters. The Morgan fingerprint density at radius 1 is 1.38 bits per heavy atom. The molecule has 0 N–H and O–H groups in total. The van der Waals surface area contributed by atoms with E-state index in [1.165, 1.54) is 19.3 Å². The lowest BCUT2D eigenvalue weighted by atomic mass is 10.0. The Morgan fingerprint density at radius 2 is 2.15 bits per heavy atom. The highest BCUT2D eigenvalue weighted by molar-refractivity contribution is 5.77. The lowest BCUT2D eigenvalue weighted by Gasteiger charge is -2.34. The first-order chi connectivity index (χ1) is 6.29. The number of carbonyl (C=O) groups excluding carboxylic acids is 1. The Balaban J connectivity index is 2.49. The van der Waals surface area contributed by atoms with Crippen LogP contribution in [-0.4, -0.2) is 23.4 Å². The van der Waals surface area contributed by atoms with Crippen molar-refractivity contribution in [2.24, 2.45) is 0 Å². The van der Waals surface area contributed by atoms with Crippen LogP contribution >= 0.6 is 0 Å². The summed E-state index contributed by atoms with van der Waals surface area (Å²) in [6.07, 6.45) is 6.54. The van der Waals surface area contributed by atoms with Crippen LogP contribution in [0.25, 0.3) is 0 Å². The fraction of sp³-hybridized carbons (Fsp3) is 0.909. The van der Waals surface area contributed by atoms with E-state index in [0.717, 1.165) is 25.8 Å². The van der Waals surface area contributed by atoms with Crippen molar-refractivity contribution in [3.63, 3.8) is 0 Å². The van der Waals surface area contributed by atoms with Crippen LogP contribution in [0.5, 0.6) is 0 Å². The number of likely N-dealkylation sites (tertiary alicyclic amines) is 1. The normalized spacial score (nSPS) is 20.5. The fourth-order valence-electron chi connectivity index (χ4n) is 2.13. The van der Waals surface area contributed by atoms with Gasteiger partial charge in [-0.3, -0.25) is 4.79 Å². The summed E-state index contributed by atoms with van der Waals surface area (Å²) in [7, 11) is 0. The highest BCUT2D eigenvalue weighted by Gasteiger charge is 2.23. The second kappa shape index (κ2) is 5.25. The van der Waals surface area contributed by atoms with Crippen LogP contribution in [0, 0.1) is 0 Å². The van der Waals surface area contributed by atoms with E-state index in [0.29, 0.717) is 11.9 Å². The number of amides is 1. The quantitative estimate of drug-likeness (QED) is 0.656. The monoisotopic (exact) mass is 183 g/mol. The standard InChI is InChI=1S/C11H21NO/c1-3-7-10(4-2)12-9-6-5-8-11(12)13/h10H,3-9H2,1-2H3. The number of nitrogens with zero attached hydrogens (tertiary/aromatic N) is 1. The molecule has 0 saturated carbocycles. The van der Waals surface area contributed by atoms with E-state index in [1.54, 1.807) is 0 Å². The number of hydrogen-bond donors (Lipinski definition) is 0. The van der Waals surface area contributed by atoms with Crippen LogP contribution in [-0.2, 0) is 4.79 Å². The number of rotatable bonds is 4. The molecule has 0 bridgehead atoms. The SMILES string of the molecule is CCCC(CC)N1CCCCC1=O. The van der Waals surface area contributed by atoms with Crippen LogP contribution in [0.15, 0.2) is 0 Å². The first-order valence-corrected chi connectivity index (χ1v) is 5.59. The van der Waals surface area contributed by atoms with Crippen molar-refractivity contribution in [1.29, 1.82) is 0 Å². The molecule has 1 unspecified atom stereocenters. The van der Waals surface area contributed by atoms with Gasteiger partial charge >= 0.3 is 0 Å². The zero-order chi connectivity index (χ0) is 9.68. The molecule has 2 nitrogen and oxygen atoms in total. The van der Waals surface area contributed by atoms with Crippen molar-refractivity contribution in [3.05, 3.63) is 0 Å². The molecule has 1 aliphatic rings. The molecule has 1 amide bonds. The van der Waals surface area contributed by atoms with Gasteiger partial charge in [-0.15, -0.1) is 0 Å². The molecule has 1 aliphatic heterocycles. The summed E-state index contributed by atoms with van der Waals surface area (Å²) in [5, 5.41) is 0. The Labute approximate surface area is 81.3 Å². The van der Waals surface area contributed by atoms with Gasteiger partial charge in [0.15, 0.2) is 0 Å². The van der Waals surface area contributed by atoms with Crippen LogP contribution in [0.1, 0.15) is 52.4 Å². The molecule has 2 heteroatoms. The third kappa shape index (κ3) is 2.71. The topological polar surface area (TPSA) is 20.3 Å². The van der Waals surface area contributed by atoms with E-state index in [9.17, 15) is 4.79 Å². The van der Waals surface area contributed by atoms with Gasteiger partial charge in [0.1, 0.15) is 0 Å². The summed E-state index contributed by atoms with van der Waals surface area (Å²) in [4.78, 5) is 13.7. The lowest BCUT2D eigenvalue weighted by Crippen LogP contribution is -2.42. The Hall–Kier alpha value is -0.530.